The lowest BCUT2D eigenvalue weighted by molar-refractivity contribution is -0.127. The van der Waals surface area contributed by atoms with Crippen LogP contribution in [0.3, 0.4) is 0 Å². The Morgan fingerprint density at radius 3 is 2.73 bits per heavy atom. The van der Waals surface area contributed by atoms with Gasteiger partial charge in [-0.1, -0.05) is 29.8 Å². The first-order valence-electron chi connectivity index (χ1n) is 9.38. The average Bonchev–Trinajstić information content (AvgIpc) is 2.66. The predicted molar refractivity (Wildman–Crippen MR) is 108 cm³/mol. The van der Waals surface area contributed by atoms with Crippen LogP contribution in [0.1, 0.15) is 36.5 Å². The maximum Gasteiger partial charge on any atom is 0.260 e. The summed E-state index contributed by atoms with van der Waals surface area (Å²) in [5.41, 5.74) is 3.92. The molecule has 4 heteroatoms. The normalized spacial score (nSPS) is 14.4. The minimum Gasteiger partial charge on any atom is -0.481 e. The second-order valence-electron chi connectivity index (χ2n) is 6.81. The first-order chi connectivity index (χ1) is 12.6. The average molecular weight is 370 g/mol. The number of hydrogen-bond donors (Lipinski definition) is 1. The summed E-state index contributed by atoms with van der Waals surface area (Å²) in [6.45, 7) is 4.54. The summed E-state index contributed by atoms with van der Waals surface area (Å²) in [6.07, 6.45) is 4.12. The van der Waals surface area contributed by atoms with Crippen LogP contribution in [0.25, 0.3) is 0 Å². The van der Waals surface area contributed by atoms with Gasteiger partial charge in [-0.3, -0.25) is 4.79 Å². The van der Waals surface area contributed by atoms with E-state index < -0.39 is 6.10 Å². The predicted octanol–water partition coefficient (Wildman–Crippen LogP) is 4.55. The molecule has 0 heterocycles. The number of carbonyl (C=O) groups excluding carboxylic acids is 1. The van der Waals surface area contributed by atoms with E-state index >= 15 is 0 Å². The molecular weight excluding hydrogens is 342 g/mol. The van der Waals surface area contributed by atoms with Crippen LogP contribution in [0.2, 0.25) is 0 Å². The Morgan fingerprint density at radius 1 is 1.15 bits per heavy atom. The maximum atomic E-state index is 12.3. The first kappa shape index (κ1) is 18.8. The molecule has 0 saturated carbocycles. The molecule has 1 aliphatic carbocycles. The Kier molecular flexibility index (Phi) is 6.62. The Hall–Kier alpha value is -1.94. The van der Waals surface area contributed by atoms with Gasteiger partial charge in [-0.2, -0.15) is 0 Å². The number of thioether (sulfide) groups is 1. The number of hydrogen-bond acceptors (Lipinski definition) is 3. The molecule has 2 aromatic carbocycles. The fourth-order valence-electron chi connectivity index (χ4n) is 3.22. The van der Waals surface area contributed by atoms with E-state index in [1.807, 2.05) is 19.1 Å². The van der Waals surface area contributed by atoms with Crippen LogP contribution >= 0.6 is 11.8 Å². The number of nitrogens with one attached hydrogen (secondary N) is 1. The van der Waals surface area contributed by atoms with Crippen molar-refractivity contribution >= 4 is 17.7 Å². The second kappa shape index (κ2) is 9.13. The van der Waals surface area contributed by atoms with E-state index in [4.69, 9.17) is 4.74 Å². The van der Waals surface area contributed by atoms with Gasteiger partial charge in [0, 0.05) is 17.2 Å². The van der Waals surface area contributed by atoms with Gasteiger partial charge in [0.15, 0.2) is 6.10 Å². The number of amides is 1. The van der Waals surface area contributed by atoms with E-state index in [-0.39, 0.29) is 5.91 Å². The third-order valence-corrected chi connectivity index (χ3v) is 5.73. The van der Waals surface area contributed by atoms with E-state index in [9.17, 15) is 4.79 Å². The van der Waals surface area contributed by atoms with Crippen LogP contribution in [0.5, 0.6) is 5.75 Å². The fourth-order valence-corrected chi connectivity index (χ4v) is 3.99. The van der Waals surface area contributed by atoms with Crippen LogP contribution in [-0.2, 0) is 17.6 Å². The Labute approximate surface area is 160 Å². The third-order valence-electron chi connectivity index (χ3n) is 4.72. The topological polar surface area (TPSA) is 38.3 Å². The zero-order valence-corrected chi connectivity index (χ0v) is 16.4. The van der Waals surface area contributed by atoms with Crippen LogP contribution < -0.4 is 10.1 Å². The highest BCUT2D eigenvalue weighted by Crippen LogP contribution is 2.30. The molecule has 0 aliphatic heterocycles. The first-order valence-corrected chi connectivity index (χ1v) is 10.4. The zero-order chi connectivity index (χ0) is 18.4. The van der Waals surface area contributed by atoms with Crippen molar-refractivity contribution in [3.63, 3.8) is 0 Å². The highest BCUT2D eigenvalue weighted by Gasteiger charge is 2.19. The SMILES string of the molecule is Cc1ccc(SCCNC(=O)[C@H](C)Oc2cccc3c2CCCC3)cc1. The summed E-state index contributed by atoms with van der Waals surface area (Å²) in [4.78, 5) is 13.6. The highest BCUT2D eigenvalue weighted by molar-refractivity contribution is 7.99. The lowest BCUT2D eigenvalue weighted by Crippen LogP contribution is -2.37. The molecule has 0 fully saturated rings. The van der Waals surface area contributed by atoms with Gasteiger partial charge in [0.05, 0.1) is 0 Å². The number of carbonyl (C=O) groups is 1. The number of benzene rings is 2. The summed E-state index contributed by atoms with van der Waals surface area (Å²) >= 11 is 1.75. The van der Waals surface area contributed by atoms with E-state index in [0.29, 0.717) is 6.54 Å². The lowest BCUT2D eigenvalue weighted by Gasteiger charge is -2.22. The smallest absolute Gasteiger partial charge is 0.260 e. The Bertz CT molecular complexity index is 742. The molecule has 0 radical (unpaired) electrons. The lowest BCUT2D eigenvalue weighted by atomic mass is 9.91. The van der Waals surface area contributed by atoms with Crippen LogP contribution in [0.4, 0.5) is 0 Å². The Balaban J connectivity index is 1.45. The fraction of sp³-hybridized carbons (Fsp3) is 0.409. The molecule has 1 N–H and O–H groups in total. The van der Waals surface area contributed by atoms with Crippen molar-refractivity contribution in [3.05, 3.63) is 59.2 Å². The van der Waals surface area contributed by atoms with Crippen LogP contribution in [0, 0.1) is 6.92 Å². The molecule has 3 nitrogen and oxygen atoms in total. The van der Waals surface area contributed by atoms with E-state index in [1.165, 1.54) is 34.4 Å². The molecule has 1 amide bonds. The molecule has 0 saturated heterocycles. The molecule has 138 valence electrons. The summed E-state index contributed by atoms with van der Waals surface area (Å²) in [6, 6.07) is 14.6. The van der Waals surface area contributed by atoms with E-state index in [1.54, 1.807) is 11.8 Å². The van der Waals surface area contributed by atoms with Gasteiger partial charge in [-0.15, -0.1) is 11.8 Å². The van der Waals surface area contributed by atoms with Gasteiger partial charge in [0.2, 0.25) is 0 Å². The number of rotatable bonds is 7. The zero-order valence-electron chi connectivity index (χ0n) is 15.6. The standard InChI is InChI=1S/C22H27NO2S/c1-16-10-12-19(13-11-16)26-15-14-23-22(24)17(2)25-21-9-5-7-18-6-3-4-8-20(18)21/h5,7,9-13,17H,3-4,6,8,14-15H2,1-2H3,(H,23,24)/t17-/m0/s1. The summed E-state index contributed by atoms with van der Waals surface area (Å²) in [7, 11) is 0. The summed E-state index contributed by atoms with van der Waals surface area (Å²) in [5.74, 6) is 1.67. The number of fused-ring (bicyclic) bond motifs is 1. The molecule has 0 unspecified atom stereocenters. The second-order valence-corrected chi connectivity index (χ2v) is 7.98. The molecular formula is C22H27NO2S. The molecule has 2 aromatic rings. The van der Waals surface area contributed by atoms with Gasteiger partial charge < -0.3 is 10.1 Å². The van der Waals surface area contributed by atoms with Crippen molar-refractivity contribution in [3.8, 4) is 5.75 Å². The van der Waals surface area contributed by atoms with Crippen molar-refractivity contribution in [1.29, 1.82) is 0 Å². The van der Waals surface area contributed by atoms with Crippen LogP contribution in [-0.4, -0.2) is 24.3 Å². The maximum absolute atomic E-state index is 12.3. The number of aryl methyl sites for hydroxylation is 2. The van der Waals surface area contributed by atoms with Gasteiger partial charge in [-0.05, 0) is 68.9 Å². The van der Waals surface area contributed by atoms with E-state index in [2.05, 4.69) is 42.6 Å². The molecule has 3 rings (SSSR count). The molecule has 0 aromatic heterocycles. The van der Waals surface area contributed by atoms with Gasteiger partial charge in [0.25, 0.3) is 5.91 Å². The Morgan fingerprint density at radius 2 is 1.92 bits per heavy atom. The summed E-state index contributed by atoms with van der Waals surface area (Å²) < 4.78 is 5.98. The number of ether oxygens (including phenoxy) is 1. The van der Waals surface area contributed by atoms with E-state index in [0.717, 1.165) is 24.3 Å². The quantitative estimate of drug-likeness (QED) is 0.575. The van der Waals surface area contributed by atoms with Gasteiger partial charge in [0.1, 0.15) is 5.75 Å². The minimum absolute atomic E-state index is 0.0529. The van der Waals surface area contributed by atoms with Crippen molar-refractivity contribution in [1.82, 2.24) is 5.32 Å². The van der Waals surface area contributed by atoms with Crippen molar-refractivity contribution < 1.29 is 9.53 Å². The molecule has 1 atom stereocenters. The molecule has 0 bridgehead atoms. The minimum atomic E-state index is -0.479. The van der Waals surface area contributed by atoms with Gasteiger partial charge in [-0.25, -0.2) is 0 Å². The molecule has 1 aliphatic rings. The highest BCUT2D eigenvalue weighted by atomic mass is 32.2. The van der Waals surface area contributed by atoms with Gasteiger partial charge >= 0.3 is 0 Å². The van der Waals surface area contributed by atoms with Crippen LogP contribution in [0.15, 0.2) is 47.4 Å². The van der Waals surface area contributed by atoms with Crippen molar-refractivity contribution in [2.75, 3.05) is 12.3 Å². The largest absolute Gasteiger partial charge is 0.481 e. The molecule has 0 spiro atoms. The van der Waals surface area contributed by atoms with Crippen molar-refractivity contribution in [2.24, 2.45) is 0 Å². The summed E-state index contributed by atoms with van der Waals surface area (Å²) in [5, 5.41) is 2.98. The van der Waals surface area contributed by atoms with Crippen molar-refractivity contribution in [2.45, 2.75) is 50.5 Å². The molecule has 26 heavy (non-hydrogen) atoms. The monoisotopic (exact) mass is 369 g/mol. The third kappa shape index (κ3) is 5.04.